The molecule has 0 bridgehead atoms. The van der Waals surface area contributed by atoms with Crippen LogP contribution in [0.4, 0.5) is 8.78 Å². The molecule has 2 atom stereocenters. The van der Waals surface area contributed by atoms with Gasteiger partial charge in [-0.3, -0.25) is 0 Å². The molecule has 17 heavy (non-hydrogen) atoms. The average Bonchev–Trinajstić information content (AvgIpc) is 2.27. The number of benzene rings is 1. The van der Waals surface area contributed by atoms with Crippen molar-refractivity contribution >= 4 is 25.8 Å². The number of halogens is 3. The predicted molar refractivity (Wildman–Crippen MR) is 66.4 cm³/mol. The molecule has 0 saturated carbocycles. The van der Waals surface area contributed by atoms with Crippen molar-refractivity contribution in [3.63, 3.8) is 0 Å². The van der Waals surface area contributed by atoms with E-state index in [2.05, 4.69) is 15.9 Å². The van der Waals surface area contributed by atoms with E-state index in [0.717, 1.165) is 5.56 Å². The van der Waals surface area contributed by atoms with Crippen LogP contribution in [0, 0.1) is 0 Å². The zero-order chi connectivity index (χ0) is 13.2. The molecular weight excluding hydrogens is 314 g/mol. The average molecular weight is 327 g/mol. The maximum Gasteiger partial charge on any atom is 0.341 e. The van der Waals surface area contributed by atoms with Crippen LogP contribution < -0.4 is 0 Å². The van der Waals surface area contributed by atoms with Crippen molar-refractivity contribution in [1.82, 2.24) is 0 Å². The van der Waals surface area contributed by atoms with Crippen LogP contribution in [0.2, 0.25) is 0 Å². The molecular formula is C11H13BrF2O2S. The molecule has 0 aliphatic rings. The van der Waals surface area contributed by atoms with Crippen LogP contribution in [0.25, 0.3) is 0 Å². The summed E-state index contributed by atoms with van der Waals surface area (Å²) in [6.45, 7) is 3.94. The van der Waals surface area contributed by atoms with Gasteiger partial charge in [-0.2, -0.15) is 8.78 Å². The Morgan fingerprint density at radius 2 is 1.59 bits per heavy atom. The summed E-state index contributed by atoms with van der Waals surface area (Å²) in [6.07, 6.45) is 0. The third-order valence-electron chi connectivity index (χ3n) is 2.66. The van der Waals surface area contributed by atoms with Gasteiger partial charge in [0.25, 0.3) is 0 Å². The van der Waals surface area contributed by atoms with Crippen LogP contribution in [-0.4, -0.2) is 19.0 Å². The molecule has 0 heterocycles. The van der Waals surface area contributed by atoms with E-state index in [1.165, 1.54) is 12.1 Å². The van der Waals surface area contributed by atoms with Crippen molar-refractivity contribution in [3.05, 3.63) is 29.8 Å². The highest BCUT2D eigenvalue weighted by Gasteiger charge is 2.26. The Morgan fingerprint density at radius 1 is 1.12 bits per heavy atom. The van der Waals surface area contributed by atoms with Crippen LogP contribution in [0.5, 0.6) is 0 Å². The van der Waals surface area contributed by atoms with Gasteiger partial charge in [0, 0.05) is 4.83 Å². The van der Waals surface area contributed by atoms with E-state index in [1.54, 1.807) is 12.1 Å². The zero-order valence-corrected chi connectivity index (χ0v) is 11.8. The molecule has 2 nitrogen and oxygen atoms in total. The Hall–Kier alpha value is -0.490. The maximum atomic E-state index is 12.3. The van der Waals surface area contributed by atoms with E-state index in [0.29, 0.717) is 0 Å². The van der Waals surface area contributed by atoms with Gasteiger partial charge in [-0.1, -0.05) is 41.9 Å². The smallest absolute Gasteiger partial charge is 0.218 e. The van der Waals surface area contributed by atoms with E-state index < -0.39 is 15.6 Å². The third-order valence-corrected chi connectivity index (χ3v) is 4.85. The fourth-order valence-electron chi connectivity index (χ4n) is 1.33. The van der Waals surface area contributed by atoms with Crippen molar-refractivity contribution in [3.8, 4) is 0 Å². The fraction of sp³-hybridized carbons (Fsp3) is 0.455. The summed E-state index contributed by atoms with van der Waals surface area (Å²) in [5, 5.41) is 0. The van der Waals surface area contributed by atoms with Gasteiger partial charge in [0.1, 0.15) is 0 Å². The lowest BCUT2D eigenvalue weighted by atomic mass is 9.99. The molecule has 0 radical (unpaired) electrons. The summed E-state index contributed by atoms with van der Waals surface area (Å²) >= 11 is 3.42. The molecule has 0 aromatic heterocycles. The van der Waals surface area contributed by atoms with E-state index in [-0.39, 0.29) is 15.6 Å². The van der Waals surface area contributed by atoms with E-state index >= 15 is 0 Å². The Balaban J connectivity index is 3.05. The SMILES string of the molecule is CC(Br)C(C)c1ccc(S(=O)(=O)C(F)F)cc1. The molecule has 0 fully saturated rings. The molecule has 96 valence electrons. The lowest BCUT2D eigenvalue weighted by molar-refractivity contribution is 0.234. The lowest BCUT2D eigenvalue weighted by Gasteiger charge is -2.14. The molecule has 0 amide bonds. The number of alkyl halides is 3. The Kier molecular flexibility index (Phi) is 4.66. The summed E-state index contributed by atoms with van der Waals surface area (Å²) in [5.74, 6) is -3.20. The zero-order valence-electron chi connectivity index (χ0n) is 9.40. The Morgan fingerprint density at radius 3 is 1.94 bits per heavy atom. The quantitative estimate of drug-likeness (QED) is 0.793. The summed E-state index contributed by atoms with van der Waals surface area (Å²) in [5.41, 5.74) is 0.905. The minimum Gasteiger partial charge on any atom is -0.218 e. The second-order valence-corrected chi connectivity index (χ2v) is 7.20. The summed E-state index contributed by atoms with van der Waals surface area (Å²) in [7, 11) is -4.48. The van der Waals surface area contributed by atoms with E-state index in [9.17, 15) is 17.2 Å². The predicted octanol–water partition coefficient (Wildman–Crippen LogP) is 3.57. The van der Waals surface area contributed by atoms with Crippen LogP contribution in [0.1, 0.15) is 25.3 Å². The molecule has 0 saturated heterocycles. The molecule has 6 heteroatoms. The molecule has 0 N–H and O–H groups in total. The topological polar surface area (TPSA) is 34.1 Å². The Bertz CT molecular complexity index is 469. The lowest BCUT2D eigenvalue weighted by Crippen LogP contribution is -2.11. The summed E-state index contributed by atoms with van der Waals surface area (Å²) in [4.78, 5) is -0.120. The monoisotopic (exact) mass is 326 g/mol. The van der Waals surface area contributed by atoms with Gasteiger partial charge in [-0.05, 0) is 23.6 Å². The van der Waals surface area contributed by atoms with Gasteiger partial charge >= 0.3 is 5.76 Å². The highest BCUT2D eigenvalue weighted by Crippen LogP contribution is 2.26. The number of hydrogen-bond donors (Lipinski definition) is 0. The van der Waals surface area contributed by atoms with E-state index in [4.69, 9.17) is 0 Å². The van der Waals surface area contributed by atoms with Gasteiger partial charge in [-0.25, -0.2) is 8.42 Å². The summed E-state index contributed by atoms with van der Waals surface area (Å²) in [6, 6.07) is 5.58. The summed E-state index contributed by atoms with van der Waals surface area (Å²) < 4.78 is 47.0. The highest BCUT2D eigenvalue weighted by atomic mass is 79.9. The molecule has 2 unspecified atom stereocenters. The van der Waals surface area contributed by atoms with Gasteiger partial charge in [0.15, 0.2) is 0 Å². The van der Waals surface area contributed by atoms with Gasteiger partial charge in [-0.15, -0.1) is 0 Å². The molecule has 0 aliphatic heterocycles. The first-order chi connectivity index (χ1) is 7.76. The fourth-order valence-corrected chi connectivity index (χ4v) is 2.36. The van der Waals surface area contributed by atoms with Crippen LogP contribution >= 0.6 is 15.9 Å². The molecule has 0 spiro atoms. The third kappa shape index (κ3) is 3.25. The van der Waals surface area contributed by atoms with Gasteiger partial charge < -0.3 is 0 Å². The molecule has 0 aliphatic carbocycles. The number of rotatable bonds is 4. The van der Waals surface area contributed by atoms with Crippen molar-refractivity contribution in [2.45, 2.75) is 35.2 Å². The second kappa shape index (κ2) is 5.44. The normalized spacial score (nSPS) is 15.9. The van der Waals surface area contributed by atoms with Crippen molar-refractivity contribution in [1.29, 1.82) is 0 Å². The molecule has 1 aromatic rings. The Labute approximate surface area is 108 Å². The first kappa shape index (κ1) is 14.6. The first-order valence-electron chi connectivity index (χ1n) is 5.03. The van der Waals surface area contributed by atoms with Gasteiger partial charge in [0.05, 0.1) is 4.90 Å². The van der Waals surface area contributed by atoms with E-state index in [1.807, 2.05) is 13.8 Å². The van der Waals surface area contributed by atoms with Crippen molar-refractivity contribution < 1.29 is 17.2 Å². The second-order valence-electron chi connectivity index (χ2n) is 3.84. The van der Waals surface area contributed by atoms with Crippen molar-refractivity contribution in [2.75, 3.05) is 0 Å². The minimum atomic E-state index is -4.48. The maximum absolute atomic E-state index is 12.3. The van der Waals surface area contributed by atoms with Crippen molar-refractivity contribution in [2.24, 2.45) is 0 Å². The molecule has 1 rings (SSSR count). The number of hydrogen-bond acceptors (Lipinski definition) is 2. The number of sulfone groups is 1. The van der Waals surface area contributed by atoms with Crippen LogP contribution in [-0.2, 0) is 9.84 Å². The highest BCUT2D eigenvalue weighted by molar-refractivity contribution is 9.09. The molecule has 1 aromatic carbocycles. The van der Waals surface area contributed by atoms with Crippen LogP contribution in [0.3, 0.4) is 0 Å². The minimum absolute atomic E-state index is 0.179. The standard InChI is InChI=1S/C11H13BrF2O2S/c1-7(8(2)12)9-3-5-10(6-4-9)17(15,16)11(13)14/h3-8,11H,1-2H3. The first-order valence-corrected chi connectivity index (χ1v) is 7.49. The largest absolute Gasteiger partial charge is 0.341 e. The van der Waals surface area contributed by atoms with Gasteiger partial charge in [0.2, 0.25) is 9.84 Å². The van der Waals surface area contributed by atoms with Crippen LogP contribution in [0.15, 0.2) is 29.2 Å².